The van der Waals surface area contributed by atoms with Crippen LogP contribution in [0, 0.1) is 11.8 Å². The summed E-state index contributed by atoms with van der Waals surface area (Å²) >= 11 is 0. The predicted molar refractivity (Wildman–Crippen MR) is 118 cm³/mol. The van der Waals surface area contributed by atoms with Gasteiger partial charge in [-0.25, -0.2) is 0 Å². The summed E-state index contributed by atoms with van der Waals surface area (Å²) in [7, 11) is 0. The van der Waals surface area contributed by atoms with Crippen LogP contribution in [0.15, 0.2) is 0 Å². The van der Waals surface area contributed by atoms with Gasteiger partial charge in [0.05, 0.1) is 50.8 Å². The lowest BCUT2D eigenvalue weighted by atomic mass is 9.72. The second-order valence-electron chi connectivity index (χ2n) is 11.2. The Hall–Kier alpha value is -0.240. The number of hydrogen-bond acceptors (Lipinski definition) is 6. The average Bonchev–Trinajstić information content (AvgIpc) is 3.62. The molecule has 2 saturated carbocycles. The fraction of sp³-hybridized carbons (Fsp3) is 1.00. The molecule has 0 amide bonds. The molecule has 0 aromatic carbocycles. The minimum atomic E-state index is 0.483. The molecule has 0 N–H and O–H groups in total. The Morgan fingerprint density at radius 1 is 0.484 bits per heavy atom. The fourth-order valence-corrected chi connectivity index (χ4v) is 6.71. The van der Waals surface area contributed by atoms with Crippen molar-refractivity contribution in [2.24, 2.45) is 11.8 Å². The molecule has 6 fully saturated rings. The molecule has 4 heterocycles. The van der Waals surface area contributed by atoms with E-state index in [1.54, 1.807) is 0 Å². The summed E-state index contributed by atoms with van der Waals surface area (Å²) in [4.78, 5) is 5.57. The molecule has 0 spiro atoms. The molecule has 2 aliphatic carbocycles. The Balaban J connectivity index is 1.13. The largest absolute Gasteiger partial charge is 0.372 e. The highest BCUT2D eigenvalue weighted by atomic mass is 16.6. The number of rotatable bonds is 12. The minimum absolute atomic E-state index is 0.483. The van der Waals surface area contributed by atoms with Crippen LogP contribution in [0.1, 0.15) is 57.8 Å². The fourth-order valence-electron chi connectivity index (χ4n) is 6.71. The molecule has 4 aliphatic heterocycles. The first kappa shape index (κ1) is 21.3. The first-order valence-electron chi connectivity index (χ1n) is 13.3. The molecule has 4 saturated heterocycles. The van der Waals surface area contributed by atoms with Crippen molar-refractivity contribution in [2.75, 3.05) is 52.6 Å². The van der Waals surface area contributed by atoms with E-state index < -0.39 is 0 Å². The Kier molecular flexibility index (Phi) is 6.57. The maximum Gasteiger partial charge on any atom is 0.0936 e. The lowest BCUT2D eigenvalue weighted by Crippen LogP contribution is -2.49. The van der Waals surface area contributed by atoms with E-state index in [-0.39, 0.29) is 0 Å². The van der Waals surface area contributed by atoms with E-state index in [1.165, 1.54) is 57.8 Å². The van der Waals surface area contributed by atoms with E-state index >= 15 is 0 Å². The van der Waals surface area contributed by atoms with Gasteiger partial charge in [0.25, 0.3) is 0 Å². The molecular formula is C25H42N2O4. The van der Waals surface area contributed by atoms with Crippen LogP contribution in [0.25, 0.3) is 0 Å². The van der Waals surface area contributed by atoms with Crippen molar-refractivity contribution < 1.29 is 18.9 Å². The van der Waals surface area contributed by atoms with Crippen molar-refractivity contribution in [3.8, 4) is 0 Å². The maximum absolute atomic E-state index is 5.64. The van der Waals surface area contributed by atoms with Crippen LogP contribution in [0.4, 0.5) is 0 Å². The van der Waals surface area contributed by atoms with Gasteiger partial charge in [0.15, 0.2) is 0 Å². The quantitative estimate of drug-likeness (QED) is 0.440. The normalized spacial score (nSPS) is 43.9. The third kappa shape index (κ3) is 6.01. The monoisotopic (exact) mass is 434 g/mol. The van der Waals surface area contributed by atoms with Crippen molar-refractivity contribution in [2.45, 2.75) is 94.3 Å². The van der Waals surface area contributed by atoms with Crippen LogP contribution in [0.5, 0.6) is 0 Å². The van der Waals surface area contributed by atoms with Gasteiger partial charge in [-0.1, -0.05) is 25.7 Å². The van der Waals surface area contributed by atoms with Gasteiger partial charge in [-0.2, -0.15) is 0 Å². The van der Waals surface area contributed by atoms with Gasteiger partial charge in [0.2, 0.25) is 0 Å². The number of hydrogen-bond donors (Lipinski definition) is 0. The second-order valence-corrected chi connectivity index (χ2v) is 11.2. The van der Waals surface area contributed by atoms with Crippen LogP contribution < -0.4 is 0 Å². The Labute approximate surface area is 187 Å². The number of epoxide rings is 4. The first-order chi connectivity index (χ1) is 15.3. The highest BCUT2D eigenvalue weighted by Gasteiger charge is 2.42. The lowest BCUT2D eigenvalue weighted by molar-refractivity contribution is 0.0393. The van der Waals surface area contributed by atoms with Crippen LogP contribution in [0.2, 0.25) is 0 Å². The summed E-state index contributed by atoms with van der Waals surface area (Å²) in [5.74, 6) is 1.68. The molecule has 6 aliphatic rings. The molecule has 6 heteroatoms. The molecule has 6 nitrogen and oxygen atoms in total. The summed E-state index contributed by atoms with van der Waals surface area (Å²) in [5.41, 5.74) is 0. The zero-order valence-corrected chi connectivity index (χ0v) is 19.2. The van der Waals surface area contributed by atoms with Gasteiger partial charge < -0.3 is 18.9 Å². The van der Waals surface area contributed by atoms with Gasteiger partial charge in [0, 0.05) is 38.3 Å². The Bertz CT molecular complexity index is 512. The van der Waals surface area contributed by atoms with E-state index in [9.17, 15) is 0 Å². The minimum Gasteiger partial charge on any atom is -0.372 e. The van der Waals surface area contributed by atoms with Gasteiger partial charge >= 0.3 is 0 Å². The molecule has 176 valence electrons. The molecule has 8 unspecified atom stereocenters. The van der Waals surface area contributed by atoms with E-state index in [1.807, 2.05) is 0 Å². The molecular weight excluding hydrogens is 392 g/mol. The van der Waals surface area contributed by atoms with E-state index in [0.29, 0.717) is 24.4 Å². The summed E-state index contributed by atoms with van der Waals surface area (Å²) < 4.78 is 22.6. The highest BCUT2D eigenvalue weighted by molar-refractivity contribution is 4.94. The van der Waals surface area contributed by atoms with E-state index in [4.69, 9.17) is 18.9 Å². The van der Waals surface area contributed by atoms with Crippen molar-refractivity contribution in [3.05, 3.63) is 0 Å². The van der Waals surface area contributed by atoms with E-state index in [0.717, 1.165) is 76.5 Å². The van der Waals surface area contributed by atoms with Gasteiger partial charge in [-0.05, 0) is 43.9 Å². The van der Waals surface area contributed by atoms with Crippen LogP contribution in [-0.4, -0.2) is 98.9 Å². The van der Waals surface area contributed by atoms with E-state index in [2.05, 4.69) is 9.80 Å². The number of ether oxygens (including phenoxy) is 4. The predicted octanol–water partition coefficient (Wildman–Crippen LogP) is 2.69. The van der Waals surface area contributed by atoms with Gasteiger partial charge in [-0.15, -0.1) is 0 Å². The van der Waals surface area contributed by atoms with Crippen molar-refractivity contribution >= 4 is 0 Å². The highest BCUT2D eigenvalue weighted by Crippen LogP contribution is 2.40. The third-order valence-electron chi connectivity index (χ3n) is 8.64. The zero-order chi connectivity index (χ0) is 20.6. The average molecular weight is 435 g/mol. The topological polar surface area (TPSA) is 56.6 Å². The van der Waals surface area contributed by atoms with Crippen molar-refractivity contribution in [1.82, 2.24) is 9.80 Å². The standard InChI is InChI=1S/C25H42N2O4/c1-3-7-24(26(10-20-14-28-20)11-21-15-29-21)18(5-1)9-19-6-2-4-8-25(19)27(12-22-16-30-22)13-23-17-31-23/h18-25H,1-17H2. The summed E-state index contributed by atoms with van der Waals surface area (Å²) in [6, 6.07) is 1.47. The van der Waals surface area contributed by atoms with Crippen LogP contribution >= 0.6 is 0 Å². The zero-order valence-electron chi connectivity index (χ0n) is 19.2. The molecule has 31 heavy (non-hydrogen) atoms. The SMILES string of the molecule is C1CCC(N(CC2CO2)CC2CO2)C(CC2CCCCC2N(CC2CO2)CC2CO2)C1. The molecule has 0 radical (unpaired) electrons. The molecule has 0 aromatic rings. The number of nitrogens with zero attached hydrogens (tertiary/aromatic N) is 2. The summed E-state index contributed by atoms with van der Waals surface area (Å²) in [6.45, 7) is 8.35. The summed E-state index contributed by atoms with van der Waals surface area (Å²) in [6.07, 6.45) is 14.5. The lowest BCUT2D eigenvalue weighted by Gasteiger charge is -2.45. The van der Waals surface area contributed by atoms with Crippen molar-refractivity contribution in [3.63, 3.8) is 0 Å². The first-order valence-corrected chi connectivity index (χ1v) is 13.3. The Morgan fingerprint density at radius 2 is 0.806 bits per heavy atom. The maximum atomic E-state index is 5.64. The Morgan fingerprint density at radius 3 is 1.13 bits per heavy atom. The smallest absolute Gasteiger partial charge is 0.0936 e. The molecule has 0 bridgehead atoms. The molecule has 8 atom stereocenters. The van der Waals surface area contributed by atoms with Crippen molar-refractivity contribution in [1.29, 1.82) is 0 Å². The molecule has 0 aromatic heterocycles. The van der Waals surface area contributed by atoms with Crippen LogP contribution in [0.3, 0.4) is 0 Å². The van der Waals surface area contributed by atoms with Gasteiger partial charge in [0.1, 0.15) is 0 Å². The third-order valence-corrected chi connectivity index (χ3v) is 8.64. The van der Waals surface area contributed by atoms with Crippen LogP contribution in [-0.2, 0) is 18.9 Å². The summed E-state index contributed by atoms with van der Waals surface area (Å²) in [5, 5.41) is 0. The molecule has 6 rings (SSSR count). The second kappa shape index (κ2) is 9.55. The van der Waals surface area contributed by atoms with Gasteiger partial charge in [-0.3, -0.25) is 9.80 Å².